The van der Waals surface area contributed by atoms with Gasteiger partial charge in [-0.3, -0.25) is 4.79 Å². The van der Waals surface area contributed by atoms with Gasteiger partial charge in [-0.05, 0) is 35.7 Å². The predicted molar refractivity (Wildman–Crippen MR) is 99.9 cm³/mol. The van der Waals surface area contributed by atoms with Crippen LogP contribution in [0.5, 0.6) is 0 Å². The van der Waals surface area contributed by atoms with Crippen molar-refractivity contribution in [1.82, 2.24) is 4.31 Å². The molecule has 0 unspecified atom stereocenters. The molecule has 1 aliphatic heterocycles. The fourth-order valence-corrected chi connectivity index (χ4v) is 4.30. The summed E-state index contributed by atoms with van der Waals surface area (Å²) >= 11 is 0. The van der Waals surface area contributed by atoms with Crippen molar-refractivity contribution >= 4 is 16.0 Å². The minimum atomic E-state index is -3.55. The first kappa shape index (κ1) is 19.1. The number of benzene rings is 2. The standard InChI is InChI=1S/C20H20N2O4S/c1-2-27(24,25)22-13-18-6-4-3-5-17(18)11-19(22)20(23)26-14-16-9-7-15(12-21)8-10-16/h3-10,19H,2,11,13-14H2,1H3/t19-/m0/s1. The molecule has 140 valence electrons. The van der Waals surface area contributed by atoms with Crippen LogP contribution in [-0.4, -0.2) is 30.5 Å². The number of ether oxygens (including phenoxy) is 1. The van der Waals surface area contributed by atoms with Gasteiger partial charge in [0.15, 0.2) is 0 Å². The van der Waals surface area contributed by atoms with Gasteiger partial charge >= 0.3 is 5.97 Å². The lowest BCUT2D eigenvalue weighted by Crippen LogP contribution is -2.49. The molecule has 0 aromatic heterocycles. The highest BCUT2D eigenvalue weighted by atomic mass is 32.2. The van der Waals surface area contributed by atoms with Crippen LogP contribution in [0.2, 0.25) is 0 Å². The maximum Gasteiger partial charge on any atom is 0.325 e. The Morgan fingerprint density at radius 3 is 2.48 bits per heavy atom. The van der Waals surface area contributed by atoms with Gasteiger partial charge in [0, 0.05) is 13.0 Å². The summed E-state index contributed by atoms with van der Waals surface area (Å²) < 4.78 is 31.7. The van der Waals surface area contributed by atoms with Crippen molar-refractivity contribution < 1.29 is 17.9 Å². The average Bonchev–Trinajstić information content (AvgIpc) is 2.71. The van der Waals surface area contributed by atoms with Crippen LogP contribution in [0.25, 0.3) is 0 Å². The highest BCUT2D eigenvalue weighted by Crippen LogP contribution is 2.27. The van der Waals surface area contributed by atoms with E-state index in [1.165, 1.54) is 4.31 Å². The molecular weight excluding hydrogens is 364 g/mol. The number of sulfonamides is 1. The van der Waals surface area contributed by atoms with E-state index >= 15 is 0 Å². The summed E-state index contributed by atoms with van der Waals surface area (Å²) in [5.74, 6) is -0.639. The van der Waals surface area contributed by atoms with Crippen molar-refractivity contribution in [2.75, 3.05) is 5.75 Å². The average molecular weight is 384 g/mol. The van der Waals surface area contributed by atoms with Gasteiger partial charge < -0.3 is 4.74 Å². The van der Waals surface area contributed by atoms with Gasteiger partial charge in [0.1, 0.15) is 12.6 Å². The summed E-state index contributed by atoms with van der Waals surface area (Å²) in [6.45, 7) is 1.76. The number of carbonyl (C=O) groups is 1. The highest BCUT2D eigenvalue weighted by Gasteiger charge is 2.38. The molecule has 0 spiro atoms. The smallest absolute Gasteiger partial charge is 0.325 e. The summed E-state index contributed by atoms with van der Waals surface area (Å²) in [7, 11) is -3.55. The van der Waals surface area contributed by atoms with E-state index in [4.69, 9.17) is 10.00 Å². The zero-order valence-corrected chi connectivity index (χ0v) is 15.8. The second-order valence-electron chi connectivity index (χ2n) is 6.35. The zero-order valence-electron chi connectivity index (χ0n) is 15.0. The van der Waals surface area contributed by atoms with Gasteiger partial charge in [-0.15, -0.1) is 0 Å². The monoisotopic (exact) mass is 384 g/mol. The van der Waals surface area contributed by atoms with Crippen LogP contribution in [0.3, 0.4) is 0 Å². The van der Waals surface area contributed by atoms with Gasteiger partial charge in [-0.1, -0.05) is 36.4 Å². The van der Waals surface area contributed by atoms with E-state index < -0.39 is 22.0 Å². The van der Waals surface area contributed by atoms with Crippen molar-refractivity contribution in [3.8, 4) is 6.07 Å². The number of esters is 1. The Hall–Kier alpha value is -2.69. The SMILES string of the molecule is CCS(=O)(=O)N1Cc2ccccc2C[C@H]1C(=O)OCc1ccc(C#N)cc1. The fourth-order valence-electron chi connectivity index (χ4n) is 3.08. The Morgan fingerprint density at radius 2 is 1.85 bits per heavy atom. The molecule has 3 rings (SSSR count). The van der Waals surface area contributed by atoms with Crippen molar-refractivity contribution in [2.24, 2.45) is 0 Å². The third-order valence-electron chi connectivity index (χ3n) is 4.66. The predicted octanol–water partition coefficient (Wildman–Crippen LogP) is 2.38. The molecule has 0 amide bonds. The fraction of sp³-hybridized carbons (Fsp3) is 0.300. The van der Waals surface area contributed by atoms with E-state index in [2.05, 4.69) is 0 Å². The van der Waals surface area contributed by atoms with Crippen molar-refractivity contribution in [3.63, 3.8) is 0 Å². The first-order valence-corrected chi connectivity index (χ1v) is 10.3. The Morgan fingerprint density at radius 1 is 1.19 bits per heavy atom. The largest absolute Gasteiger partial charge is 0.460 e. The number of fused-ring (bicyclic) bond motifs is 1. The van der Waals surface area contributed by atoms with Crippen LogP contribution < -0.4 is 0 Å². The van der Waals surface area contributed by atoms with E-state index in [0.29, 0.717) is 12.0 Å². The minimum absolute atomic E-state index is 0.0305. The maximum atomic E-state index is 12.7. The van der Waals surface area contributed by atoms with Crippen molar-refractivity contribution in [3.05, 3.63) is 70.8 Å². The van der Waals surface area contributed by atoms with Gasteiger partial charge in [-0.2, -0.15) is 9.57 Å². The zero-order chi connectivity index (χ0) is 19.4. The molecule has 27 heavy (non-hydrogen) atoms. The second kappa shape index (κ2) is 7.91. The Bertz CT molecular complexity index is 978. The Labute approximate surface area is 159 Å². The Kier molecular flexibility index (Phi) is 5.59. The molecule has 1 aliphatic rings. The van der Waals surface area contributed by atoms with Crippen LogP contribution in [0.15, 0.2) is 48.5 Å². The molecule has 0 bridgehead atoms. The number of hydrogen-bond acceptors (Lipinski definition) is 5. The molecule has 0 fully saturated rings. The van der Waals surface area contributed by atoms with Crippen LogP contribution in [0.1, 0.15) is 29.2 Å². The minimum Gasteiger partial charge on any atom is -0.460 e. The van der Waals surface area contributed by atoms with Gasteiger partial charge in [0.25, 0.3) is 0 Å². The summed E-state index contributed by atoms with van der Waals surface area (Å²) in [6.07, 6.45) is 0.293. The summed E-state index contributed by atoms with van der Waals surface area (Å²) in [4.78, 5) is 12.7. The van der Waals surface area contributed by atoms with Gasteiger partial charge in [-0.25, -0.2) is 8.42 Å². The lowest BCUT2D eigenvalue weighted by Gasteiger charge is -2.34. The second-order valence-corrected chi connectivity index (χ2v) is 8.56. The molecule has 6 nitrogen and oxygen atoms in total. The molecular formula is C20H20N2O4S. The quantitative estimate of drug-likeness (QED) is 0.739. The molecule has 0 radical (unpaired) electrons. The molecule has 0 aliphatic carbocycles. The topological polar surface area (TPSA) is 87.5 Å². The van der Waals surface area contributed by atoms with E-state index in [-0.39, 0.29) is 18.9 Å². The van der Waals surface area contributed by atoms with Gasteiger partial charge in [0.2, 0.25) is 10.0 Å². The van der Waals surface area contributed by atoms with Crippen LogP contribution in [0, 0.1) is 11.3 Å². The molecule has 0 saturated heterocycles. The number of nitrogens with zero attached hydrogens (tertiary/aromatic N) is 2. The van der Waals surface area contributed by atoms with Crippen LogP contribution >= 0.6 is 0 Å². The summed E-state index contributed by atoms with van der Waals surface area (Å²) in [5.41, 5.74) is 3.13. The van der Waals surface area contributed by atoms with Gasteiger partial charge in [0.05, 0.1) is 17.4 Å². The van der Waals surface area contributed by atoms with Crippen LogP contribution in [-0.2, 0) is 39.1 Å². The molecule has 1 atom stereocenters. The molecule has 2 aromatic carbocycles. The molecule has 0 saturated carbocycles. The highest BCUT2D eigenvalue weighted by molar-refractivity contribution is 7.89. The first-order chi connectivity index (χ1) is 12.9. The van der Waals surface area contributed by atoms with Crippen molar-refractivity contribution in [1.29, 1.82) is 5.26 Å². The normalized spacial score (nSPS) is 17.0. The number of carbonyl (C=O) groups excluding carboxylic acids is 1. The van der Waals surface area contributed by atoms with Crippen LogP contribution in [0.4, 0.5) is 0 Å². The number of rotatable bonds is 5. The third kappa shape index (κ3) is 4.18. The van der Waals surface area contributed by atoms with E-state index in [0.717, 1.165) is 16.7 Å². The summed E-state index contributed by atoms with van der Waals surface area (Å²) in [5, 5.41) is 8.83. The number of hydrogen-bond donors (Lipinski definition) is 0. The lowest BCUT2D eigenvalue weighted by atomic mass is 9.96. The lowest BCUT2D eigenvalue weighted by molar-refractivity contribution is -0.150. The first-order valence-electron chi connectivity index (χ1n) is 8.66. The summed E-state index contributed by atoms with van der Waals surface area (Å²) in [6, 6.07) is 15.4. The van der Waals surface area contributed by atoms with E-state index in [1.54, 1.807) is 31.2 Å². The van der Waals surface area contributed by atoms with Crippen molar-refractivity contribution in [2.45, 2.75) is 32.5 Å². The third-order valence-corrected chi connectivity index (χ3v) is 6.49. The molecule has 2 aromatic rings. The number of nitriles is 1. The Balaban J connectivity index is 1.78. The van der Waals surface area contributed by atoms with E-state index in [9.17, 15) is 13.2 Å². The molecule has 0 N–H and O–H groups in total. The molecule has 1 heterocycles. The maximum absolute atomic E-state index is 12.7. The van der Waals surface area contributed by atoms with E-state index in [1.807, 2.05) is 30.3 Å². The molecule has 7 heteroatoms.